The van der Waals surface area contributed by atoms with E-state index in [9.17, 15) is 18.0 Å². The molecule has 0 heterocycles. The van der Waals surface area contributed by atoms with Crippen molar-refractivity contribution in [2.45, 2.75) is 61.4 Å². The number of carbonyl (C=O) groups excluding carboxylic acids is 2. The van der Waals surface area contributed by atoms with Crippen LogP contribution in [-0.4, -0.2) is 43.2 Å². The van der Waals surface area contributed by atoms with Gasteiger partial charge in [0.05, 0.1) is 4.90 Å². The molecule has 0 spiro atoms. The lowest BCUT2D eigenvalue weighted by Gasteiger charge is -2.59. The fourth-order valence-corrected chi connectivity index (χ4v) is 9.59. The van der Waals surface area contributed by atoms with Crippen molar-refractivity contribution in [2.24, 2.45) is 28.9 Å². The van der Waals surface area contributed by atoms with Crippen molar-refractivity contribution < 1.29 is 18.0 Å². The SMILES string of the molecule is CN(C1(C(=O)NC2C3CC4CC2CC(C(N)=O)(C4)C3)CC1)S(=O)(=O)c1ccc(-c2ccc(Cl)cc2)c(Cl)c1. The highest BCUT2D eigenvalue weighted by Crippen LogP contribution is 2.60. The number of hydrogen-bond acceptors (Lipinski definition) is 4. The molecule has 7 rings (SSSR count). The van der Waals surface area contributed by atoms with Crippen molar-refractivity contribution in [1.82, 2.24) is 9.62 Å². The number of rotatable bonds is 7. The summed E-state index contributed by atoms with van der Waals surface area (Å²) in [6.45, 7) is 0. The Morgan fingerprint density at radius 2 is 1.63 bits per heavy atom. The number of amides is 2. The highest BCUT2D eigenvalue weighted by Gasteiger charge is 2.61. The van der Waals surface area contributed by atoms with Crippen LogP contribution in [0.3, 0.4) is 0 Å². The standard InChI is InChI=1S/C28H31Cl2N3O4S/c1-33(38(36,37)21-6-7-22(23(30)12-21)17-2-4-20(29)5-3-17)28(8-9-28)26(35)32-24-18-10-16-11-19(24)15-27(13-16,14-18)25(31)34/h2-7,12,16,18-19,24H,8-11,13-15H2,1H3,(H2,31,34)(H,32,35). The first-order valence-electron chi connectivity index (χ1n) is 13.1. The van der Waals surface area contributed by atoms with Crippen LogP contribution in [0, 0.1) is 23.2 Å². The molecule has 2 unspecified atom stereocenters. The summed E-state index contributed by atoms with van der Waals surface area (Å²) in [7, 11) is -2.51. The minimum absolute atomic E-state index is 0.0415. The predicted molar refractivity (Wildman–Crippen MR) is 146 cm³/mol. The zero-order valence-corrected chi connectivity index (χ0v) is 23.5. The third-order valence-electron chi connectivity index (χ3n) is 9.60. The second kappa shape index (κ2) is 8.95. The monoisotopic (exact) mass is 575 g/mol. The second-order valence-corrected chi connectivity index (χ2v) is 14.6. The van der Waals surface area contributed by atoms with Crippen LogP contribution in [0.15, 0.2) is 47.4 Å². The van der Waals surface area contributed by atoms with Gasteiger partial charge in [0.1, 0.15) is 5.54 Å². The Labute approximate surface area is 233 Å². The van der Waals surface area contributed by atoms with Gasteiger partial charge in [-0.25, -0.2) is 8.42 Å². The van der Waals surface area contributed by atoms with E-state index in [1.54, 1.807) is 18.2 Å². The highest BCUT2D eigenvalue weighted by molar-refractivity contribution is 7.89. The zero-order chi connectivity index (χ0) is 27.0. The molecular formula is C28H31Cl2N3O4S. The molecule has 5 aliphatic carbocycles. The van der Waals surface area contributed by atoms with E-state index < -0.39 is 21.0 Å². The number of carbonyl (C=O) groups is 2. The molecule has 2 amide bonds. The van der Waals surface area contributed by atoms with Crippen molar-refractivity contribution in [1.29, 1.82) is 0 Å². The first kappa shape index (κ1) is 26.1. The summed E-state index contributed by atoms with van der Waals surface area (Å²) in [6, 6.07) is 11.7. The Kier molecular flexibility index (Phi) is 6.15. The van der Waals surface area contributed by atoms with E-state index in [-0.39, 0.29) is 34.6 Å². The fourth-order valence-electron chi connectivity index (χ4n) is 7.56. The minimum Gasteiger partial charge on any atom is -0.369 e. The van der Waals surface area contributed by atoms with Crippen LogP contribution in [-0.2, 0) is 19.6 Å². The van der Waals surface area contributed by atoms with Gasteiger partial charge in [0.2, 0.25) is 21.8 Å². The highest BCUT2D eigenvalue weighted by atomic mass is 35.5. The molecule has 5 aliphatic rings. The van der Waals surface area contributed by atoms with Gasteiger partial charge in [-0.05, 0) is 92.5 Å². The lowest BCUT2D eigenvalue weighted by Crippen LogP contribution is -2.64. The Morgan fingerprint density at radius 3 is 2.18 bits per heavy atom. The van der Waals surface area contributed by atoms with Crippen LogP contribution in [0.5, 0.6) is 0 Å². The number of likely N-dealkylation sites (N-methyl/N-ethyl adjacent to an activating group) is 1. The maximum absolute atomic E-state index is 13.6. The summed E-state index contributed by atoms with van der Waals surface area (Å²) < 4.78 is 28.5. The second-order valence-electron chi connectivity index (χ2n) is 11.8. The number of hydrogen-bond donors (Lipinski definition) is 2. The Morgan fingerprint density at radius 1 is 1.00 bits per heavy atom. The molecule has 2 aromatic carbocycles. The lowest BCUT2D eigenvalue weighted by atomic mass is 9.47. The topological polar surface area (TPSA) is 110 Å². The summed E-state index contributed by atoms with van der Waals surface area (Å²) in [5.41, 5.74) is 5.77. The average Bonchev–Trinajstić information content (AvgIpc) is 3.68. The minimum atomic E-state index is -3.98. The van der Waals surface area contributed by atoms with Crippen molar-refractivity contribution in [3.8, 4) is 11.1 Å². The molecule has 0 radical (unpaired) electrons. The van der Waals surface area contributed by atoms with Crippen molar-refractivity contribution >= 4 is 45.0 Å². The molecule has 0 aliphatic heterocycles. The fraction of sp³-hybridized carbons (Fsp3) is 0.500. The molecule has 4 bridgehead atoms. The van der Waals surface area contributed by atoms with Crippen molar-refractivity contribution in [3.05, 3.63) is 52.5 Å². The summed E-state index contributed by atoms with van der Waals surface area (Å²) in [5.74, 6) is 0.418. The van der Waals surface area contributed by atoms with E-state index in [0.29, 0.717) is 47.2 Å². The Bertz CT molecular complexity index is 1410. The van der Waals surface area contributed by atoms with Crippen LogP contribution >= 0.6 is 23.2 Å². The van der Waals surface area contributed by atoms with Crippen molar-refractivity contribution in [3.63, 3.8) is 0 Å². The van der Waals surface area contributed by atoms with E-state index in [4.69, 9.17) is 28.9 Å². The average molecular weight is 577 g/mol. The number of nitrogens with two attached hydrogens (primary N) is 1. The predicted octanol–water partition coefficient (Wildman–Crippen LogP) is 4.61. The summed E-state index contributed by atoms with van der Waals surface area (Å²) in [5, 5.41) is 4.13. The number of halogens is 2. The van der Waals surface area contributed by atoms with Crippen LogP contribution in [0.4, 0.5) is 0 Å². The van der Waals surface area contributed by atoms with Gasteiger partial charge in [-0.1, -0.05) is 41.4 Å². The third-order valence-corrected chi connectivity index (χ3v) is 12.1. The van der Waals surface area contributed by atoms with Gasteiger partial charge >= 0.3 is 0 Å². The van der Waals surface area contributed by atoms with Crippen LogP contribution in [0.25, 0.3) is 11.1 Å². The number of nitrogens with one attached hydrogen (secondary N) is 1. The summed E-state index contributed by atoms with van der Waals surface area (Å²) >= 11 is 12.5. The third kappa shape index (κ3) is 4.07. The maximum Gasteiger partial charge on any atom is 0.243 e. The van der Waals surface area contributed by atoms with E-state index in [0.717, 1.165) is 24.8 Å². The molecular weight excluding hydrogens is 545 g/mol. The molecule has 0 saturated heterocycles. The van der Waals surface area contributed by atoms with E-state index >= 15 is 0 Å². The number of nitrogens with zero attached hydrogens (tertiary/aromatic N) is 1. The first-order chi connectivity index (χ1) is 17.9. The molecule has 202 valence electrons. The quantitative estimate of drug-likeness (QED) is 0.502. The van der Waals surface area contributed by atoms with E-state index in [1.807, 2.05) is 12.1 Å². The first-order valence-corrected chi connectivity index (χ1v) is 15.3. The molecule has 5 saturated carbocycles. The molecule has 10 heteroatoms. The molecule has 7 nitrogen and oxygen atoms in total. The number of primary amides is 1. The number of benzene rings is 2. The van der Waals surface area contributed by atoms with Crippen LogP contribution in [0.1, 0.15) is 44.9 Å². The summed E-state index contributed by atoms with van der Waals surface area (Å²) in [4.78, 5) is 26.0. The largest absolute Gasteiger partial charge is 0.369 e. The van der Waals surface area contributed by atoms with Crippen molar-refractivity contribution in [2.75, 3.05) is 7.05 Å². The van der Waals surface area contributed by atoms with Crippen LogP contribution in [0.2, 0.25) is 10.0 Å². The van der Waals surface area contributed by atoms with E-state index in [1.165, 1.54) is 23.5 Å². The smallest absolute Gasteiger partial charge is 0.243 e. The molecule has 5 fully saturated rings. The zero-order valence-electron chi connectivity index (χ0n) is 21.1. The van der Waals surface area contributed by atoms with Gasteiger partial charge in [-0.3, -0.25) is 9.59 Å². The molecule has 2 atom stereocenters. The molecule has 3 N–H and O–H groups in total. The van der Waals surface area contributed by atoms with Gasteiger partial charge in [0.15, 0.2) is 0 Å². The van der Waals surface area contributed by atoms with Crippen LogP contribution < -0.4 is 11.1 Å². The molecule has 0 aromatic heterocycles. The Balaban J connectivity index is 1.20. The summed E-state index contributed by atoms with van der Waals surface area (Å²) in [6.07, 6.45) is 5.16. The van der Waals surface area contributed by atoms with Gasteiger partial charge in [0, 0.05) is 34.1 Å². The maximum atomic E-state index is 13.6. The molecule has 38 heavy (non-hydrogen) atoms. The number of sulfonamides is 1. The Hall–Kier alpha value is -2.13. The van der Waals surface area contributed by atoms with E-state index in [2.05, 4.69) is 5.32 Å². The van der Waals surface area contributed by atoms with Gasteiger partial charge < -0.3 is 11.1 Å². The normalized spacial score (nSPS) is 30.8. The lowest BCUT2D eigenvalue weighted by molar-refractivity contribution is -0.148. The van der Waals surface area contributed by atoms with Gasteiger partial charge in [0.25, 0.3) is 0 Å². The van der Waals surface area contributed by atoms with Gasteiger partial charge in [-0.2, -0.15) is 4.31 Å². The molecule has 2 aromatic rings. The van der Waals surface area contributed by atoms with Gasteiger partial charge in [-0.15, -0.1) is 0 Å².